The zero-order valence-electron chi connectivity index (χ0n) is 16.9. The maximum absolute atomic E-state index is 13.0. The minimum atomic E-state index is -1.57. The van der Waals surface area contributed by atoms with Crippen molar-refractivity contribution in [2.45, 2.75) is 30.7 Å². The van der Waals surface area contributed by atoms with Crippen molar-refractivity contribution in [2.75, 3.05) is 13.7 Å². The summed E-state index contributed by atoms with van der Waals surface area (Å²) in [5.74, 6) is 0.325. The van der Waals surface area contributed by atoms with Crippen molar-refractivity contribution in [3.8, 4) is 28.4 Å². The predicted molar refractivity (Wildman–Crippen MR) is 111 cm³/mol. The Hall–Kier alpha value is -3.15. The molecule has 2 heterocycles. The van der Waals surface area contributed by atoms with Crippen LogP contribution in [0.15, 0.2) is 51.9 Å². The molecular formula is C22H22O10. The number of benzene rings is 2. The van der Waals surface area contributed by atoms with Crippen molar-refractivity contribution >= 4 is 11.0 Å². The van der Waals surface area contributed by atoms with Gasteiger partial charge in [-0.25, -0.2) is 0 Å². The molecule has 0 aliphatic carbocycles. The molecule has 1 aromatic heterocycles. The third kappa shape index (κ3) is 3.90. The molecule has 1 aliphatic rings. The second kappa shape index (κ2) is 8.77. The van der Waals surface area contributed by atoms with Gasteiger partial charge >= 0.3 is 0 Å². The number of fused-ring (bicyclic) bond motifs is 1. The van der Waals surface area contributed by atoms with E-state index in [9.17, 15) is 30.3 Å². The number of hydrogen-bond acceptors (Lipinski definition) is 10. The van der Waals surface area contributed by atoms with Gasteiger partial charge in [-0.2, -0.15) is 0 Å². The Balaban J connectivity index is 1.63. The van der Waals surface area contributed by atoms with E-state index in [1.165, 1.54) is 43.7 Å². The molecular weight excluding hydrogens is 424 g/mol. The van der Waals surface area contributed by atoms with Crippen LogP contribution in [0.4, 0.5) is 0 Å². The molecule has 10 nitrogen and oxygen atoms in total. The zero-order chi connectivity index (χ0) is 23.0. The summed E-state index contributed by atoms with van der Waals surface area (Å²) in [6.07, 6.45) is -5.84. The predicted octanol–water partition coefficient (Wildman–Crippen LogP) is 0.353. The summed E-state index contributed by atoms with van der Waals surface area (Å²) >= 11 is 0. The van der Waals surface area contributed by atoms with Crippen LogP contribution in [0.5, 0.6) is 17.2 Å². The van der Waals surface area contributed by atoms with E-state index in [-0.39, 0.29) is 39.2 Å². The molecule has 10 heteroatoms. The molecule has 0 radical (unpaired) electrons. The Morgan fingerprint density at radius 2 is 1.81 bits per heavy atom. The highest BCUT2D eigenvalue weighted by Crippen LogP contribution is 2.32. The monoisotopic (exact) mass is 446 g/mol. The van der Waals surface area contributed by atoms with Gasteiger partial charge in [0.05, 0.1) is 24.7 Å². The first-order valence-electron chi connectivity index (χ1n) is 9.74. The molecule has 0 bridgehead atoms. The number of aromatic hydroxyl groups is 1. The molecule has 0 spiro atoms. The van der Waals surface area contributed by atoms with Crippen LogP contribution in [-0.2, 0) is 4.74 Å². The molecule has 1 fully saturated rings. The molecule has 0 amide bonds. The van der Waals surface area contributed by atoms with Gasteiger partial charge in [0.2, 0.25) is 6.29 Å². The van der Waals surface area contributed by atoms with Crippen molar-refractivity contribution in [3.63, 3.8) is 0 Å². The fourth-order valence-electron chi connectivity index (χ4n) is 3.53. The average Bonchev–Trinajstić information content (AvgIpc) is 2.80. The number of methoxy groups -OCH3 is 1. The molecule has 0 unspecified atom stereocenters. The smallest absolute Gasteiger partial charge is 0.229 e. The Kier molecular flexibility index (Phi) is 6.04. The average molecular weight is 446 g/mol. The van der Waals surface area contributed by atoms with E-state index in [1.807, 2.05) is 0 Å². The molecule has 4 rings (SSSR count). The van der Waals surface area contributed by atoms with Crippen LogP contribution in [0.3, 0.4) is 0 Å². The van der Waals surface area contributed by atoms with Gasteiger partial charge < -0.3 is 44.2 Å². The van der Waals surface area contributed by atoms with Crippen LogP contribution in [0.1, 0.15) is 0 Å². The fourth-order valence-corrected chi connectivity index (χ4v) is 3.53. The molecule has 1 saturated heterocycles. The molecule has 5 N–H and O–H groups in total. The maximum atomic E-state index is 13.0. The Bertz CT molecular complexity index is 1170. The number of rotatable bonds is 5. The first-order chi connectivity index (χ1) is 15.3. The molecule has 170 valence electrons. The van der Waals surface area contributed by atoms with Gasteiger partial charge in [0.25, 0.3) is 0 Å². The van der Waals surface area contributed by atoms with E-state index in [0.29, 0.717) is 5.56 Å². The van der Waals surface area contributed by atoms with Gasteiger partial charge in [-0.05, 0) is 29.8 Å². The minimum Gasteiger partial charge on any atom is -0.504 e. The lowest BCUT2D eigenvalue weighted by Crippen LogP contribution is -2.60. The van der Waals surface area contributed by atoms with E-state index in [1.54, 1.807) is 6.07 Å². The van der Waals surface area contributed by atoms with Gasteiger partial charge in [0.15, 0.2) is 16.9 Å². The van der Waals surface area contributed by atoms with E-state index >= 15 is 0 Å². The van der Waals surface area contributed by atoms with Gasteiger partial charge in [0, 0.05) is 6.07 Å². The Morgan fingerprint density at radius 3 is 2.53 bits per heavy atom. The van der Waals surface area contributed by atoms with Crippen molar-refractivity contribution in [1.29, 1.82) is 0 Å². The molecule has 3 aromatic rings. The number of phenols is 1. The highest BCUT2D eigenvalue weighted by molar-refractivity contribution is 5.83. The highest BCUT2D eigenvalue weighted by atomic mass is 16.7. The lowest BCUT2D eigenvalue weighted by molar-refractivity contribution is -0.277. The van der Waals surface area contributed by atoms with E-state index in [2.05, 4.69) is 0 Å². The van der Waals surface area contributed by atoms with E-state index in [0.717, 1.165) is 0 Å². The second-order valence-corrected chi connectivity index (χ2v) is 7.34. The summed E-state index contributed by atoms with van der Waals surface area (Å²) in [5, 5.41) is 49.2. The molecule has 2 aromatic carbocycles. The first-order valence-corrected chi connectivity index (χ1v) is 9.74. The van der Waals surface area contributed by atoms with Crippen LogP contribution in [0, 0.1) is 0 Å². The van der Waals surface area contributed by atoms with Crippen LogP contribution in [0.25, 0.3) is 22.1 Å². The number of aliphatic hydroxyl groups is 4. The van der Waals surface area contributed by atoms with E-state index in [4.69, 9.17) is 18.6 Å². The van der Waals surface area contributed by atoms with Gasteiger partial charge in [-0.15, -0.1) is 0 Å². The maximum Gasteiger partial charge on any atom is 0.229 e. The van der Waals surface area contributed by atoms with Crippen LogP contribution >= 0.6 is 0 Å². The van der Waals surface area contributed by atoms with Crippen molar-refractivity contribution < 1.29 is 44.2 Å². The summed E-state index contributed by atoms with van der Waals surface area (Å²) in [4.78, 5) is 13.0. The topological polar surface area (TPSA) is 159 Å². The summed E-state index contributed by atoms with van der Waals surface area (Å²) < 4.78 is 21.6. The van der Waals surface area contributed by atoms with Gasteiger partial charge in [-0.1, -0.05) is 6.07 Å². The third-order valence-electron chi connectivity index (χ3n) is 5.34. The largest absolute Gasteiger partial charge is 0.504 e. The number of aliphatic hydroxyl groups excluding tert-OH is 4. The summed E-state index contributed by atoms with van der Waals surface area (Å²) in [7, 11) is 1.40. The number of hydrogen-bond donors (Lipinski definition) is 5. The standard InChI is InChI=1S/C22H22O10/c1-29-16-6-10(2-5-14(16)24)13-9-30-15-7-11(3-4-12(15)18(13)25)31-22-21(28)20(27)19(26)17(8-23)32-22/h2-7,9,17,19-24,26-28H,8H2,1H3/t17-,19-,20+,21-,22-/m0/s1. The lowest BCUT2D eigenvalue weighted by Gasteiger charge is -2.39. The number of ether oxygens (including phenoxy) is 3. The molecule has 5 atom stereocenters. The first kappa shape index (κ1) is 22.1. The quantitative estimate of drug-likeness (QED) is 0.370. The van der Waals surface area contributed by atoms with Crippen molar-refractivity contribution in [2.24, 2.45) is 0 Å². The second-order valence-electron chi connectivity index (χ2n) is 7.34. The number of phenolic OH excluding ortho intramolecular Hbond substituents is 1. The Morgan fingerprint density at radius 1 is 1.03 bits per heavy atom. The van der Waals surface area contributed by atoms with E-state index < -0.39 is 37.3 Å². The van der Waals surface area contributed by atoms with Crippen LogP contribution in [-0.4, -0.2) is 70.0 Å². The fraction of sp³-hybridized carbons (Fsp3) is 0.318. The van der Waals surface area contributed by atoms with Crippen LogP contribution < -0.4 is 14.9 Å². The van der Waals surface area contributed by atoms with Gasteiger partial charge in [-0.3, -0.25) is 4.79 Å². The minimum absolute atomic E-state index is 0.0589. The normalized spacial score (nSPS) is 25.6. The summed E-state index contributed by atoms with van der Waals surface area (Å²) in [6.45, 7) is -0.581. The Labute approximate surface area is 181 Å². The summed E-state index contributed by atoms with van der Waals surface area (Å²) in [5.41, 5.74) is 0.639. The van der Waals surface area contributed by atoms with Crippen LogP contribution in [0.2, 0.25) is 0 Å². The molecule has 32 heavy (non-hydrogen) atoms. The third-order valence-corrected chi connectivity index (χ3v) is 5.34. The zero-order valence-corrected chi connectivity index (χ0v) is 16.9. The van der Waals surface area contributed by atoms with Crippen molar-refractivity contribution in [1.82, 2.24) is 0 Å². The highest BCUT2D eigenvalue weighted by Gasteiger charge is 2.44. The van der Waals surface area contributed by atoms with Gasteiger partial charge in [0.1, 0.15) is 42.0 Å². The molecule has 1 aliphatic heterocycles. The van der Waals surface area contributed by atoms with Crippen molar-refractivity contribution in [3.05, 3.63) is 52.9 Å². The molecule has 0 saturated carbocycles. The summed E-state index contributed by atoms with van der Waals surface area (Å²) in [6, 6.07) is 8.84. The lowest BCUT2D eigenvalue weighted by atomic mass is 9.99. The SMILES string of the molecule is COc1cc(-c2coc3cc(O[C@H]4O[C@@H](CO)[C@H](O)[C@@H](O)[C@@H]4O)ccc3c2=O)ccc1O.